The van der Waals surface area contributed by atoms with Crippen molar-refractivity contribution in [3.63, 3.8) is 0 Å². The summed E-state index contributed by atoms with van der Waals surface area (Å²) in [6, 6.07) is 37.6. The van der Waals surface area contributed by atoms with E-state index in [2.05, 4.69) is 84.4 Å². The summed E-state index contributed by atoms with van der Waals surface area (Å²) >= 11 is 0. The SMILES string of the molecule is COc1ccc(C(OC[C@H]2O[C@@H](n3nc4c5c(ncnc53)N(C(=O)c3ccccc3)CCC4)[C@H](O[Si](C)(C)C(C)(C)C)[C@@H]2OP(OCCC#N)N(C(C)C)C(C)C)(c2ccccc2)c2ccc(OC)cc2)cc1. The zero-order valence-corrected chi connectivity index (χ0v) is 45.9. The van der Waals surface area contributed by atoms with Crippen molar-refractivity contribution in [2.45, 2.75) is 128 Å². The number of aromatic nitrogens is 4. The molecule has 0 saturated carbocycles. The van der Waals surface area contributed by atoms with Crippen LogP contribution < -0.4 is 14.4 Å². The monoisotopic (exact) mass is 1030 g/mol. The van der Waals surface area contributed by atoms with E-state index in [1.165, 1.54) is 6.33 Å². The second-order valence-electron chi connectivity index (χ2n) is 20.6. The van der Waals surface area contributed by atoms with E-state index in [9.17, 15) is 10.1 Å². The Labute approximate surface area is 432 Å². The van der Waals surface area contributed by atoms with Gasteiger partial charge in [-0.05, 0) is 112 Å². The number of ether oxygens (including phenoxy) is 4. The molecule has 0 bridgehead atoms. The lowest BCUT2D eigenvalue weighted by atomic mass is 9.80. The molecule has 0 aliphatic carbocycles. The highest BCUT2D eigenvalue weighted by Crippen LogP contribution is 2.53. The van der Waals surface area contributed by atoms with E-state index < -0.39 is 47.0 Å². The van der Waals surface area contributed by atoms with Gasteiger partial charge in [0.25, 0.3) is 14.4 Å². The summed E-state index contributed by atoms with van der Waals surface area (Å²) in [5, 5.41) is 15.5. The van der Waals surface area contributed by atoms with E-state index in [0.29, 0.717) is 53.3 Å². The Bertz CT molecular complexity index is 2770. The molecule has 2 aliphatic heterocycles. The number of rotatable bonds is 20. The second-order valence-corrected chi connectivity index (χ2v) is 26.7. The minimum atomic E-state index is -2.69. The molecule has 2 aromatic heterocycles. The quantitative estimate of drug-likeness (QED) is 0.0308. The number of anilines is 1. The lowest BCUT2D eigenvalue weighted by molar-refractivity contribution is -0.0951. The van der Waals surface area contributed by atoms with Crippen LogP contribution in [-0.4, -0.2) is 103 Å². The average molecular weight is 1030 g/mol. The Morgan fingerprint density at radius 3 is 2.00 bits per heavy atom. The van der Waals surface area contributed by atoms with Gasteiger partial charge in [-0.2, -0.15) is 10.4 Å². The van der Waals surface area contributed by atoms with E-state index in [1.807, 2.05) is 102 Å². The molecule has 0 N–H and O–H groups in total. The van der Waals surface area contributed by atoms with Crippen LogP contribution in [0.1, 0.15) is 100 Å². The average Bonchev–Trinajstić information content (AvgIpc) is 3.84. The number of carbonyl (C=O) groups excluding carboxylic acids is 1. The molecule has 386 valence electrons. The molecule has 8 rings (SSSR count). The van der Waals surface area contributed by atoms with Crippen molar-refractivity contribution in [1.29, 1.82) is 5.26 Å². The summed E-state index contributed by atoms with van der Waals surface area (Å²) in [7, 11) is -1.21. The minimum absolute atomic E-state index is 0.00184. The van der Waals surface area contributed by atoms with Crippen molar-refractivity contribution >= 4 is 39.6 Å². The van der Waals surface area contributed by atoms with Crippen LogP contribution in [0.3, 0.4) is 0 Å². The Morgan fingerprint density at radius 2 is 1.44 bits per heavy atom. The van der Waals surface area contributed by atoms with E-state index >= 15 is 0 Å². The molecule has 17 heteroatoms. The number of hydrogen-bond acceptors (Lipinski definition) is 13. The zero-order valence-electron chi connectivity index (χ0n) is 44.0. The predicted molar refractivity (Wildman–Crippen MR) is 286 cm³/mol. The van der Waals surface area contributed by atoms with Crippen LogP contribution in [0.4, 0.5) is 5.82 Å². The van der Waals surface area contributed by atoms with Crippen molar-refractivity contribution in [2.75, 3.05) is 38.9 Å². The Kier molecular flexibility index (Phi) is 16.8. The standard InChI is InChI=1S/C56H70N7O8PSi/c1-38(2)63(39(3)4)72(68-35-19-33-57)70-49-47(36-67-56(41-22-16-13-17-23-41,42-25-29-44(65-8)30-26-42)43-27-31-45(66-9)32-28-43)69-54(50(49)71-73(10,11)55(5,6)7)62-52-48-46(60-62)24-18-34-61(51(48)58-37-59-52)53(64)40-20-14-12-15-21-40/h12-17,20-23,25-32,37-39,47,49-50,54H,18-19,24,34-36H2,1-11H3/t47-,49-,50-,54-,72?/m1/s1. The van der Waals surface area contributed by atoms with E-state index in [4.69, 9.17) is 47.5 Å². The molecule has 0 spiro atoms. The van der Waals surface area contributed by atoms with Gasteiger partial charge < -0.3 is 32.4 Å². The highest BCUT2D eigenvalue weighted by atomic mass is 31.2. The van der Waals surface area contributed by atoms with Gasteiger partial charge in [0.1, 0.15) is 47.6 Å². The number of amides is 1. The van der Waals surface area contributed by atoms with E-state index in [1.54, 1.807) is 19.1 Å². The molecule has 1 saturated heterocycles. The summed E-state index contributed by atoms with van der Waals surface area (Å²) in [4.78, 5) is 25.7. The van der Waals surface area contributed by atoms with Crippen LogP contribution in [0.15, 0.2) is 116 Å². The van der Waals surface area contributed by atoms with Crippen LogP contribution in [0.25, 0.3) is 11.0 Å². The first-order valence-electron chi connectivity index (χ1n) is 25.2. The summed E-state index contributed by atoms with van der Waals surface area (Å²) in [6.45, 7) is 20.2. The molecule has 6 aromatic rings. The van der Waals surface area contributed by atoms with Gasteiger partial charge in [0.2, 0.25) is 0 Å². The van der Waals surface area contributed by atoms with Gasteiger partial charge in [0, 0.05) is 24.2 Å². The highest BCUT2D eigenvalue weighted by molar-refractivity contribution is 7.44. The summed E-state index contributed by atoms with van der Waals surface area (Å²) in [5.41, 5.74) is 3.23. The Morgan fingerprint density at radius 1 is 0.849 bits per heavy atom. The fourth-order valence-electron chi connectivity index (χ4n) is 9.52. The van der Waals surface area contributed by atoms with Gasteiger partial charge in [-0.3, -0.25) is 9.69 Å². The zero-order chi connectivity index (χ0) is 52.1. The van der Waals surface area contributed by atoms with Gasteiger partial charge in [0.15, 0.2) is 20.2 Å². The normalized spacial score (nSPS) is 18.8. The van der Waals surface area contributed by atoms with E-state index in [0.717, 1.165) is 22.4 Å². The number of nitriles is 1. The molecule has 2 aliphatic rings. The van der Waals surface area contributed by atoms with Crippen molar-refractivity contribution in [3.8, 4) is 17.6 Å². The predicted octanol–water partition coefficient (Wildman–Crippen LogP) is 11.4. The largest absolute Gasteiger partial charge is 0.497 e. The van der Waals surface area contributed by atoms with Crippen molar-refractivity contribution in [1.82, 2.24) is 24.4 Å². The third kappa shape index (κ3) is 11.1. The first-order chi connectivity index (χ1) is 35.0. The van der Waals surface area contributed by atoms with Gasteiger partial charge >= 0.3 is 0 Å². The molecule has 1 fully saturated rings. The van der Waals surface area contributed by atoms with Gasteiger partial charge in [-0.25, -0.2) is 19.3 Å². The van der Waals surface area contributed by atoms with Gasteiger partial charge in [0.05, 0.1) is 51.0 Å². The van der Waals surface area contributed by atoms with Gasteiger partial charge in [-0.15, -0.1) is 0 Å². The summed E-state index contributed by atoms with van der Waals surface area (Å²) in [6.07, 6.45) is -0.404. The molecular weight excluding hydrogens is 958 g/mol. The van der Waals surface area contributed by atoms with Crippen LogP contribution in [0.5, 0.6) is 11.5 Å². The third-order valence-electron chi connectivity index (χ3n) is 14.1. The van der Waals surface area contributed by atoms with Crippen LogP contribution in [0.2, 0.25) is 18.1 Å². The Balaban J connectivity index is 1.32. The lowest BCUT2D eigenvalue weighted by Gasteiger charge is -2.42. The van der Waals surface area contributed by atoms with Crippen LogP contribution >= 0.6 is 8.53 Å². The molecule has 4 aromatic carbocycles. The number of aryl methyl sites for hydroxylation is 1. The number of nitrogens with zero attached hydrogens (tertiary/aromatic N) is 7. The van der Waals surface area contributed by atoms with Crippen LogP contribution in [-0.2, 0) is 35.0 Å². The fraction of sp³-hybridized carbons (Fsp3) is 0.446. The van der Waals surface area contributed by atoms with Gasteiger partial charge in [-0.1, -0.05) is 93.6 Å². The maximum Gasteiger partial charge on any atom is 0.259 e. The summed E-state index contributed by atoms with van der Waals surface area (Å²) in [5.74, 6) is 1.76. The van der Waals surface area contributed by atoms with E-state index in [-0.39, 0.29) is 42.7 Å². The molecular formula is C56H70N7O8PSi. The van der Waals surface area contributed by atoms with Crippen molar-refractivity contribution < 1.29 is 37.2 Å². The molecule has 1 amide bonds. The molecule has 0 radical (unpaired) electrons. The minimum Gasteiger partial charge on any atom is -0.497 e. The van der Waals surface area contributed by atoms with Crippen molar-refractivity contribution in [3.05, 3.63) is 143 Å². The Hall–Kier alpha value is -5.60. The number of carbonyl (C=O) groups is 1. The number of hydrogen-bond donors (Lipinski definition) is 0. The smallest absolute Gasteiger partial charge is 0.259 e. The number of methoxy groups -OCH3 is 2. The third-order valence-corrected chi connectivity index (χ3v) is 20.7. The number of benzene rings is 4. The lowest BCUT2D eigenvalue weighted by Crippen LogP contribution is -2.50. The van der Waals surface area contributed by atoms with Crippen LogP contribution in [0, 0.1) is 11.3 Å². The maximum atomic E-state index is 14.2. The first-order valence-corrected chi connectivity index (χ1v) is 29.2. The maximum absolute atomic E-state index is 14.2. The molecule has 73 heavy (non-hydrogen) atoms. The molecule has 5 atom stereocenters. The highest BCUT2D eigenvalue weighted by Gasteiger charge is 2.55. The topological polar surface area (TPSA) is 156 Å². The molecule has 4 heterocycles. The van der Waals surface area contributed by atoms with Crippen molar-refractivity contribution in [2.24, 2.45) is 0 Å². The second kappa shape index (κ2) is 22.9. The summed E-state index contributed by atoms with van der Waals surface area (Å²) < 4.78 is 52.3. The molecule has 15 nitrogen and oxygen atoms in total. The first kappa shape index (κ1) is 53.7. The molecule has 1 unspecified atom stereocenters. The fourth-order valence-corrected chi connectivity index (χ4v) is 12.6.